The van der Waals surface area contributed by atoms with Gasteiger partial charge in [-0.15, -0.1) is 5.10 Å². The highest BCUT2D eigenvalue weighted by atomic mass is 19.4. The third-order valence-electron chi connectivity index (χ3n) is 5.86. The van der Waals surface area contributed by atoms with Crippen molar-refractivity contribution in [3.05, 3.63) is 69.7 Å². The van der Waals surface area contributed by atoms with Crippen LogP contribution < -0.4 is 15.7 Å². The molecule has 0 radical (unpaired) electrons. The summed E-state index contributed by atoms with van der Waals surface area (Å²) in [6.07, 6.45) is -7.00. The molecule has 202 valence electrons. The standard InChI is InChI=1S/C23H18F6N4O5/c1-10(23(27,28)29)38-17-9-16(33-22(37)32-7-3-4-11(21(35)36)19(32)31-33)15(26)8-12(17)20(34)30-18-13(24)5-2-6-14(18)25/h2,5-6,8-11H,3-4,7H2,1H3,(H,30,34)(H,35,36)/t10-,11+/m0/s1. The average Bonchev–Trinajstić information content (AvgIpc) is 3.17. The van der Waals surface area contributed by atoms with E-state index in [4.69, 9.17) is 4.74 Å². The molecule has 4 rings (SSSR count). The van der Waals surface area contributed by atoms with Gasteiger partial charge in [-0.3, -0.25) is 14.2 Å². The van der Waals surface area contributed by atoms with Crippen LogP contribution in [-0.4, -0.2) is 43.6 Å². The molecule has 38 heavy (non-hydrogen) atoms. The molecule has 1 aliphatic rings. The second-order valence-electron chi connectivity index (χ2n) is 8.39. The minimum atomic E-state index is -4.93. The van der Waals surface area contributed by atoms with Crippen LogP contribution in [0.1, 0.15) is 41.9 Å². The first kappa shape index (κ1) is 26.8. The summed E-state index contributed by atoms with van der Waals surface area (Å²) in [6.45, 7) is 0.670. The third-order valence-corrected chi connectivity index (χ3v) is 5.86. The SMILES string of the molecule is C[C@H](Oc1cc(-n2nc3n(c2=O)CCC[C@H]3C(=O)O)c(F)cc1C(=O)Nc1c(F)cccc1F)C(F)(F)F. The Kier molecular flexibility index (Phi) is 6.95. The highest BCUT2D eigenvalue weighted by Gasteiger charge is 2.39. The zero-order chi connectivity index (χ0) is 27.9. The van der Waals surface area contributed by atoms with E-state index in [2.05, 4.69) is 5.10 Å². The number of rotatable bonds is 6. The van der Waals surface area contributed by atoms with E-state index in [-0.39, 0.29) is 18.8 Å². The highest BCUT2D eigenvalue weighted by Crippen LogP contribution is 2.32. The fourth-order valence-corrected chi connectivity index (χ4v) is 3.89. The summed E-state index contributed by atoms with van der Waals surface area (Å²) < 4.78 is 89.2. The van der Waals surface area contributed by atoms with E-state index < -0.39 is 75.9 Å². The summed E-state index contributed by atoms with van der Waals surface area (Å²) in [7, 11) is 0. The van der Waals surface area contributed by atoms with Gasteiger partial charge in [0.25, 0.3) is 5.91 Å². The van der Waals surface area contributed by atoms with Gasteiger partial charge in [0.1, 0.15) is 46.3 Å². The van der Waals surface area contributed by atoms with Crippen LogP contribution in [0.5, 0.6) is 5.75 Å². The molecule has 0 aliphatic carbocycles. The Morgan fingerprint density at radius 3 is 2.42 bits per heavy atom. The quantitative estimate of drug-likeness (QED) is 0.454. The molecule has 0 fully saturated rings. The van der Waals surface area contributed by atoms with E-state index in [0.717, 1.165) is 22.8 Å². The number of aromatic nitrogens is 3. The zero-order valence-electron chi connectivity index (χ0n) is 19.4. The molecule has 2 heterocycles. The second-order valence-corrected chi connectivity index (χ2v) is 8.39. The fourth-order valence-electron chi connectivity index (χ4n) is 3.89. The van der Waals surface area contributed by atoms with Crippen molar-refractivity contribution < 1.29 is 45.8 Å². The number of hydrogen-bond acceptors (Lipinski definition) is 5. The Morgan fingerprint density at radius 2 is 1.82 bits per heavy atom. The Morgan fingerprint density at radius 1 is 1.16 bits per heavy atom. The number of carboxylic acid groups (broad SMARTS) is 1. The number of aliphatic carboxylic acids is 1. The van der Waals surface area contributed by atoms with Crippen molar-refractivity contribution in [3.63, 3.8) is 0 Å². The molecule has 1 aliphatic heterocycles. The number of para-hydroxylation sites is 1. The van der Waals surface area contributed by atoms with Crippen LogP contribution in [-0.2, 0) is 11.3 Å². The van der Waals surface area contributed by atoms with Crippen molar-refractivity contribution in [3.8, 4) is 11.4 Å². The number of carboxylic acids is 1. The maximum Gasteiger partial charge on any atom is 0.425 e. The molecule has 0 saturated carbocycles. The van der Waals surface area contributed by atoms with Crippen LogP contribution in [0.4, 0.5) is 32.0 Å². The van der Waals surface area contributed by atoms with Gasteiger partial charge < -0.3 is 15.2 Å². The molecule has 0 saturated heterocycles. The fraction of sp³-hybridized carbons (Fsp3) is 0.304. The molecule has 0 spiro atoms. The Labute approximate surface area is 209 Å². The number of halogens is 6. The first-order valence-corrected chi connectivity index (χ1v) is 11.0. The number of benzene rings is 2. The van der Waals surface area contributed by atoms with Crippen LogP contribution in [0.2, 0.25) is 0 Å². The lowest BCUT2D eigenvalue weighted by Crippen LogP contribution is -2.32. The predicted octanol–water partition coefficient (Wildman–Crippen LogP) is 4.00. The van der Waals surface area contributed by atoms with Crippen molar-refractivity contribution in [2.75, 3.05) is 5.32 Å². The maximum atomic E-state index is 15.2. The van der Waals surface area contributed by atoms with Crippen molar-refractivity contribution in [1.82, 2.24) is 14.3 Å². The summed E-state index contributed by atoms with van der Waals surface area (Å²) in [5.74, 6) is -8.67. The van der Waals surface area contributed by atoms with E-state index in [1.54, 1.807) is 0 Å². The summed E-state index contributed by atoms with van der Waals surface area (Å²) in [4.78, 5) is 37.2. The summed E-state index contributed by atoms with van der Waals surface area (Å²) in [5, 5.41) is 15.1. The van der Waals surface area contributed by atoms with Crippen molar-refractivity contribution in [2.24, 2.45) is 0 Å². The number of alkyl halides is 3. The van der Waals surface area contributed by atoms with E-state index in [0.29, 0.717) is 30.2 Å². The lowest BCUT2D eigenvalue weighted by atomic mass is 9.99. The third kappa shape index (κ3) is 4.95. The number of anilines is 1. The second kappa shape index (κ2) is 9.87. The van der Waals surface area contributed by atoms with Gasteiger partial charge in [-0.25, -0.2) is 18.0 Å². The molecule has 9 nitrogen and oxygen atoms in total. The van der Waals surface area contributed by atoms with Gasteiger partial charge in [0, 0.05) is 12.6 Å². The molecule has 15 heteroatoms. The van der Waals surface area contributed by atoms with Crippen LogP contribution in [0.3, 0.4) is 0 Å². The molecular weight excluding hydrogens is 526 g/mol. The van der Waals surface area contributed by atoms with Crippen molar-refractivity contribution in [1.29, 1.82) is 0 Å². The lowest BCUT2D eigenvalue weighted by Gasteiger charge is -2.20. The normalized spacial score (nSPS) is 16.0. The Hall–Kier alpha value is -4.30. The maximum absolute atomic E-state index is 15.2. The molecule has 0 bridgehead atoms. The number of nitrogens with one attached hydrogen (secondary N) is 1. The molecule has 1 aromatic heterocycles. The minimum absolute atomic E-state index is 0.0721. The van der Waals surface area contributed by atoms with E-state index >= 15 is 4.39 Å². The number of carbonyl (C=O) groups excluding carboxylic acids is 1. The predicted molar refractivity (Wildman–Crippen MR) is 118 cm³/mol. The highest BCUT2D eigenvalue weighted by molar-refractivity contribution is 6.06. The first-order chi connectivity index (χ1) is 17.8. The largest absolute Gasteiger partial charge is 0.481 e. The summed E-state index contributed by atoms with van der Waals surface area (Å²) >= 11 is 0. The van der Waals surface area contributed by atoms with Crippen LogP contribution in [0.25, 0.3) is 5.69 Å². The number of hydrogen-bond donors (Lipinski definition) is 2. The van der Waals surface area contributed by atoms with Crippen LogP contribution in [0, 0.1) is 17.5 Å². The van der Waals surface area contributed by atoms with Gasteiger partial charge in [-0.2, -0.15) is 17.9 Å². The van der Waals surface area contributed by atoms with Gasteiger partial charge in [0.05, 0.1) is 5.56 Å². The number of amides is 1. The Bertz CT molecular complexity index is 1460. The van der Waals surface area contributed by atoms with E-state index in [1.165, 1.54) is 0 Å². The molecule has 2 N–H and O–H groups in total. The smallest absolute Gasteiger partial charge is 0.425 e. The molecule has 2 atom stereocenters. The number of nitrogens with zero attached hydrogens (tertiary/aromatic N) is 3. The van der Waals surface area contributed by atoms with Gasteiger partial charge in [0.15, 0.2) is 6.10 Å². The van der Waals surface area contributed by atoms with Gasteiger partial charge in [-0.05, 0) is 38.0 Å². The van der Waals surface area contributed by atoms with Crippen LogP contribution >= 0.6 is 0 Å². The zero-order valence-corrected chi connectivity index (χ0v) is 19.4. The molecule has 2 aromatic carbocycles. The number of ether oxygens (including phenoxy) is 1. The van der Waals surface area contributed by atoms with Gasteiger partial charge >= 0.3 is 17.8 Å². The van der Waals surface area contributed by atoms with Crippen molar-refractivity contribution >= 4 is 17.6 Å². The van der Waals surface area contributed by atoms with E-state index in [1.807, 2.05) is 5.32 Å². The first-order valence-electron chi connectivity index (χ1n) is 11.0. The van der Waals surface area contributed by atoms with Crippen molar-refractivity contribution in [2.45, 2.75) is 44.5 Å². The number of carbonyl (C=O) groups is 2. The summed E-state index contributed by atoms with van der Waals surface area (Å²) in [5.41, 5.74) is -3.51. The summed E-state index contributed by atoms with van der Waals surface area (Å²) in [6, 6.07) is 3.64. The average molecular weight is 544 g/mol. The van der Waals surface area contributed by atoms with Crippen LogP contribution in [0.15, 0.2) is 35.1 Å². The van der Waals surface area contributed by atoms with E-state index in [9.17, 15) is 41.4 Å². The van der Waals surface area contributed by atoms with Gasteiger partial charge in [-0.1, -0.05) is 6.07 Å². The molecule has 3 aromatic rings. The monoisotopic (exact) mass is 544 g/mol. The minimum Gasteiger partial charge on any atom is -0.481 e. The molecular formula is C23H18F6N4O5. The molecule has 1 amide bonds. The molecule has 0 unspecified atom stereocenters. The van der Waals surface area contributed by atoms with Gasteiger partial charge in [0.2, 0.25) is 0 Å². The lowest BCUT2D eigenvalue weighted by molar-refractivity contribution is -0.189. The topological polar surface area (TPSA) is 115 Å². The number of fused-ring (bicyclic) bond motifs is 1. The Balaban J connectivity index is 1.83.